The average molecular weight is 654 g/mol. The van der Waals surface area contributed by atoms with Gasteiger partial charge in [-0.05, 0) is 76.8 Å². The number of hydrogen-bond donors (Lipinski definition) is 0. The molecular weight excluding hydrogens is 630 g/mol. The molecule has 0 N–H and O–H groups in total. The Labute approximate surface area is 291 Å². The maximum absolute atomic E-state index is 2.61. The first-order valence-electron chi connectivity index (χ1n) is 17.1. The summed E-state index contributed by atoms with van der Waals surface area (Å²) in [4.78, 5) is 5.49. The molecule has 0 fully saturated rings. The van der Waals surface area contributed by atoms with Crippen LogP contribution in [-0.2, 0) is 0 Å². The topological polar surface area (TPSA) is 9.86 Å². The van der Waals surface area contributed by atoms with Gasteiger partial charge < -0.3 is 9.13 Å². The van der Waals surface area contributed by atoms with Crippen LogP contribution in [0.4, 0.5) is 0 Å². The second-order valence-corrected chi connectivity index (χ2v) is 16.1. The normalized spacial score (nSPS) is 14.4. The Morgan fingerprint density at radius 2 is 0.878 bits per heavy atom. The Morgan fingerprint density at radius 3 is 1.39 bits per heavy atom. The van der Waals surface area contributed by atoms with E-state index in [9.17, 15) is 0 Å². The predicted octanol–water partition coefficient (Wildman–Crippen LogP) is 6.78. The lowest BCUT2D eigenvalue weighted by Crippen LogP contribution is -2.58. The van der Waals surface area contributed by atoms with Crippen LogP contribution in [0.25, 0.3) is 55.0 Å². The van der Waals surface area contributed by atoms with Crippen molar-refractivity contribution in [1.29, 1.82) is 0 Å². The van der Waals surface area contributed by atoms with Crippen molar-refractivity contribution in [3.63, 3.8) is 0 Å². The first-order chi connectivity index (χ1) is 24.3. The van der Waals surface area contributed by atoms with Gasteiger partial charge in [0.1, 0.15) is 0 Å². The molecule has 2 nitrogen and oxygen atoms in total. The maximum atomic E-state index is 2.61. The summed E-state index contributed by atoms with van der Waals surface area (Å²) in [5.74, 6) is 0. The molecule has 0 aliphatic carbocycles. The van der Waals surface area contributed by atoms with Crippen LogP contribution in [0.3, 0.4) is 0 Å². The highest BCUT2D eigenvalue weighted by Crippen LogP contribution is 2.45. The van der Waals surface area contributed by atoms with E-state index in [1.54, 1.807) is 0 Å². The largest absolute Gasteiger partial charge is 0.310 e. The van der Waals surface area contributed by atoms with Crippen molar-refractivity contribution in [2.75, 3.05) is 0 Å². The lowest BCUT2D eigenvalue weighted by Gasteiger charge is -2.33. The number of aryl methyl sites for hydroxylation is 1. The van der Waals surface area contributed by atoms with Gasteiger partial charge in [-0.1, -0.05) is 119 Å². The molecule has 0 spiro atoms. The molecule has 7 aromatic carbocycles. The van der Waals surface area contributed by atoms with Crippen molar-refractivity contribution in [2.45, 2.75) is 26.5 Å². The lowest BCUT2D eigenvalue weighted by atomic mass is 9.35. The SMILES string of the molecule is Cc1c2c3cccc4c3n(c2cc2c1c1cccc3c1n2-c1cccc2c1B3c1ccccc1S2)-c1cccc2c1B4c1ccccc1S2. The van der Waals surface area contributed by atoms with E-state index in [1.165, 1.54) is 113 Å². The molecule has 224 valence electrons. The van der Waals surface area contributed by atoms with Crippen molar-refractivity contribution in [2.24, 2.45) is 0 Å². The van der Waals surface area contributed by atoms with E-state index in [0.29, 0.717) is 0 Å². The van der Waals surface area contributed by atoms with E-state index in [4.69, 9.17) is 0 Å². The van der Waals surface area contributed by atoms with E-state index in [1.807, 2.05) is 23.5 Å². The predicted molar refractivity (Wildman–Crippen MR) is 210 cm³/mol. The molecule has 49 heavy (non-hydrogen) atoms. The van der Waals surface area contributed by atoms with Crippen molar-refractivity contribution < 1.29 is 0 Å². The summed E-state index contributed by atoms with van der Waals surface area (Å²) < 4.78 is 5.22. The number of aromatic nitrogens is 2. The van der Waals surface area contributed by atoms with E-state index < -0.39 is 0 Å². The summed E-state index contributed by atoms with van der Waals surface area (Å²) in [7, 11) is 0. The van der Waals surface area contributed by atoms with E-state index in [-0.39, 0.29) is 13.4 Å². The molecule has 0 atom stereocenters. The Kier molecular flexibility index (Phi) is 4.63. The molecule has 0 saturated heterocycles. The molecule has 4 aliphatic rings. The van der Waals surface area contributed by atoms with Gasteiger partial charge in [0.15, 0.2) is 0 Å². The van der Waals surface area contributed by atoms with Crippen molar-refractivity contribution in [3.05, 3.63) is 133 Å². The molecule has 0 radical (unpaired) electrons. The highest BCUT2D eigenvalue weighted by Gasteiger charge is 2.41. The molecule has 0 bridgehead atoms. The zero-order valence-corrected chi connectivity index (χ0v) is 28.1. The van der Waals surface area contributed by atoms with Gasteiger partial charge in [0.2, 0.25) is 13.4 Å². The van der Waals surface area contributed by atoms with Crippen LogP contribution >= 0.6 is 23.5 Å². The monoisotopic (exact) mass is 654 g/mol. The zero-order valence-electron chi connectivity index (χ0n) is 26.5. The fraction of sp³-hybridized carbons (Fsp3) is 0.0233. The molecule has 13 rings (SSSR count). The number of benzene rings is 7. The molecular formula is C43H24B2N2S2. The highest BCUT2D eigenvalue weighted by molar-refractivity contribution is 8.00. The molecule has 9 aromatic rings. The highest BCUT2D eigenvalue weighted by atomic mass is 32.2. The van der Waals surface area contributed by atoms with Gasteiger partial charge in [0.05, 0.1) is 11.0 Å². The summed E-state index contributed by atoms with van der Waals surface area (Å²) in [6.07, 6.45) is 0. The van der Waals surface area contributed by atoms with Gasteiger partial charge in [-0.3, -0.25) is 0 Å². The van der Waals surface area contributed by atoms with Crippen LogP contribution in [-0.4, -0.2) is 22.6 Å². The molecule has 6 heteroatoms. The second-order valence-electron chi connectivity index (χ2n) is 14.0. The average Bonchev–Trinajstić information content (AvgIpc) is 3.66. The first-order valence-corrected chi connectivity index (χ1v) is 18.7. The number of nitrogens with zero attached hydrogens (tertiary/aromatic N) is 2. The van der Waals surface area contributed by atoms with Crippen LogP contribution in [0.5, 0.6) is 0 Å². The summed E-state index contributed by atoms with van der Waals surface area (Å²) in [6, 6.07) is 48.6. The number of fused-ring (bicyclic) bond motifs is 14. The minimum atomic E-state index is 0.231. The quantitative estimate of drug-likeness (QED) is 0.167. The summed E-state index contributed by atoms with van der Waals surface area (Å²) >= 11 is 3.85. The fourth-order valence-corrected chi connectivity index (χ4v) is 12.4. The van der Waals surface area contributed by atoms with Crippen LogP contribution in [0.15, 0.2) is 147 Å². The minimum absolute atomic E-state index is 0.231. The summed E-state index contributed by atoms with van der Waals surface area (Å²) in [6.45, 7) is 2.84. The molecule has 0 unspecified atom stereocenters. The Morgan fingerprint density at radius 1 is 0.449 bits per heavy atom. The number of para-hydroxylation sites is 2. The Balaban J connectivity index is 1.21. The third-order valence-electron chi connectivity index (χ3n) is 11.8. The summed E-state index contributed by atoms with van der Waals surface area (Å²) in [5.41, 5.74) is 17.9. The van der Waals surface area contributed by atoms with Crippen molar-refractivity contribution in [1.82, 2.24) is 9.13 Å². The van der Waals surface area contributed by atoms with Crippen LogP contribution < -0.4 is 32.8 Å². The van der Waals surface area contributed by atoms with Crippen molar-refractivity contribution >= 4 is 113 Å². The van der Waals surface area contributed by atoms with Gasteiger partial charge in [-0.15, -0.1) is 0 Å². The summed E-state index contributed by atoms with van der Waals surface area (Å²) in [5, 5.41) is 5.46. The van der Waals surface area contributed by atoms with Gasteiger partial charge >= 0.3 is 0 Å². The van der Waals surface area contributed by atoms with Gasteiger partial charge in [-0.25, -0.2) is 0 Å². The second kappa shape index (κ2) is 8.76. The van der Waals surface area contributed by atoms with Crippen LogP contribution in [0, 0.1) is 6.92 Å². The van der Waals surface area contributed by atoms with Crippen molar-refractivity contribution in [3.8, 4) is 11.4 Å². The molecule has 6 heterocycles. The molecule has 0 saturated carbocycles. The molecule has 4 aliphatic heterocycles. The van der Waals surface area contributed by atoms with Gasteiger partial charge in [0, 0.05) is 63.5 Å². The van der Waals surface area contributed by atoms with E-state index >= 15 is 0 Å². The number of hydrogen-bond acceptors (Lipinski definition) is 2. The van der Waals surface area contributed by atoms with Gasteiger partial charge in [0.25, 0.3) is 0 Å². The smallest absolute Gasteiger partial charge is 0.249 e. The van der Waals surface area contributed by atoms with Gasteiger partial charge in [-0.2, -0.15) is 0 Å². The van der Waals surface area contributed by atoms with Crippen LogP contribution in [0.2, 0.25) is 0 Å². The third-order valence-corrected chi connectivity index (χ3v) is 14.1. The minimum Gasteiger partial charge on any atom is -0.310 e. The Bertz CT molecular complexity index is 2840. The maximum Gasteiger partial charge on any atom is 0.249 e. The number of rotatable bonds is 0. The van der Waals surface area contributed by atoms with E-state index in [2.05, 4.69) is 143 Å². The Hall–Kier alpha value is -5.03. The zero-order chi connectivity index (χ0) is 31.7. The van der Waals surface area contributed by atoms with E-state index in [0.717, 1.165) is 0 Å². The third kappa shape index (κ3) is 2.93. The van der Waals surface area contributed by atoms with Crippen LogP contribution in [0.1, 0.15) is 5.56 Å². The lowest BCUT2D eigenvalue weighted by molar-refractivity contribution is 1.16. The molecule has 2 aromatic heterocycles. The first kappa shape index (κ1) is 25.9. The molecule has 0 amide bonds. The standard InChI is InChI=1S/C43H24B2N2S2/c1-23-38-24-10-6-14-28-42(24)46(30-16-8-20-36-40(30)44(28)26-12-2-4-18-34(26)48-36)32(38)22-33-39(23)25-11-7-15-29-43(25)47(33)31-17-9-21-37-41(31)45(29)27-13-3-5-19-35(27)49-37/h2-22H,1H3. The fourth-order valence-electron chi connectivity index (χ4n) is 10.1.